The number of imidazole rings is 1. The Kier molecular flexibility index (Phi) is 5.20. The van der Waals surface area contributed by atoms with Crippen LogP contribution in [-0.4, -0.2) is 49.3 Å². The van der Waals surface area contributed by atoms with Gasteiger partial charge in [-0.3, -0.25) is 5.10 Å². The van der Waals surface area contributed by atoms with Gasteiger partial charge in [0.05, 0.1) is 6.20 Å². The van der Waals surface area contributed by atoms with Crippen molar-refractivity contribution < 1.29 is 8.78 Å². The lowest BCUT2D eigenvalue weighted by atomic mass is 9.94. The van der Waals surface area contributed by atoms with Crippen molar-refractivity contribution in [2.45, 2.75) is 37.6 Å². The molecule has 10 heteroatoms. The second-order valence-corrected chi connectivity index (χ2v) is 8.94. The third-order valence-corrected chi connectivity index (χ3v) is 6.77. The van der Waals surface area contributed by atoms with E-state index in [9.17, 15) is 8.78 Å². The van der Waals surface area contributed by atoms with Crippen molar-refractivity contribution in [3.8, 4) is 11.5 Å². The van der Waals surface area contributed by atoms with Crippen LogP contribution in [0.25, 0.3) is 11.5 Å². The Morgan fingerprint density at radius 2 is 1.74 bits per heavy atom. The first-order chi connectivity index (χ1) is 16.6. The number of H-pyrrole nitrogens is 2. The summed E-state index contributed by atoms with van der Waals surface area (Å²) in [7, 11) is 0. The Hall–Kier alpha value is -3.82. The zero-order chi connectivity index (χ0) is 23.1. The highest BCUT2D eigenvalue weighted by Gasteiger charge is 2.25. The molecule has 3 N–H and O–H groups in total. The lowest BCUT2D eigenvalue weighted by molar-refractivity contribution is 0.493. The van der Waals surface area contributed by atoms with Gasteiger partial charge >= 0.3 is 0 Å². The normalized spacial score (nSPS) is 16.7. The Morgan fingerprint density at radius 3 is 2.44 bits per heavy atom. The van der Waals surface area contributed by atoms with Gasteiger partial charge < -0.3 is 15.2 Å². The van der Waals surface area contributed by atoms with Gasteiger partial charge in [0.2, 0.25) is 5.95 Å². The summed E-state index contributed by atoms with van der Waals surface area (Å²) in [6, 6.07) is 6.41. The maximum Gasteiger partial charge on any atom is 0.223 e. The molecule has 0 spiro atoms. The predicted octanol–water partition coefficient (Wildman–Crippen LogP) is 3.83. The second kappa shape index (κ2) is 8.51. The van der Waals surface area contributed by atoms with E-state index in [1.54, 1.807) is 12.4 Å². The van der Waals surface area contributed by atoms with Crippen LogP contribution >= 0.6 is 0 Å². The van der Waals surface area contributed by atoms with Crippen molar-refractivity contribution in [2.75, 3.05) is 23.3 Å². The molecule has 3 aromatic heterocycles. The summed E-state index contributed by atoms with van der Waals surface area (Å²) in [5.74, 6) is 1.01. The SMILES string of the molecule is Fc1cc2c(cc1F)CC(Nc1nccc(-c3ncc(N4CCC(c5ccn[nH]5)CC4)[nH]3)n1)C2. The van der Waals surface area contributed by atoms with Crippen molar-refractivity contribution in [3.05, 3.63) is 71.3 Å². The van der Waals surface area contributed by atoms with E-state index in [1.807, 2.05) is 12.3 Å². The summed E-state index contributed by atoms with van der Waals surface area (Å²) in [4.78, 5) is 19.2. The van der Waals surface area contributed by atoms with E-state index in [0.29, 0.717) is 36.2 Å². The van der Waals surface area contributed by atoms with Crippen LogP contribution in [0.5, 0.6) is 0 Å². The molecule has 0 bridgehead atoms. The Bertz CT molecular complexity index is 1260. The van der Waals surface area contributed by atoms with Gasteiger partial charge in [0.15, 0.2) is 17.5 Å². The van der Waals surface area contributed by atoms with E-state index in [0.717, 1.165) is 42.9 Å². The largest absolute Gasteiger partial charge is 0.357 e. The zero-order valence-corrected chi connectivity index (χ0v) is 18.4. The maximum atomic E-state index is 13.6. The standard InChI is InChI=1S/C24H24F2N8/c25-18-11-15-9-17(10-16(15)12-19(18)26)30-24-27-5-1-21(31-24)23-28-13-22(32-23)34-7-3-14(4-8-34)20-2-6-29-33-20/h1-2,5-6,11-14,17H,3-4,7-10H2,(H,28,32)(H,29,33)(H,27,30,31). The number of hydrogen-bond acceptors (Lipinski definition) is 6. The van der Waals surface area contributed by atoms with Crippen LogP contribution in [0.2, 0.25) is 0 Å². The molecule has 0 unspecified atom stereocenters. The van der Waals surface area contributed by atoms with E-state index in [2.05, 4.69) is 46.4 Å². The molecule has 1 aliphatic heterocycles. The first kappa shape index (κ1) is 20.8. The monoisotopic (exact) mass is 462 g/mol. The topological polar surface area (TPSA) is 98.4 Å². The van der Waals surface area contributed by atoms with Crippen molar-refractivity contribution >= 4 is 11.8 Å². The lowest BCUT2D eigenvalue weighted by Crippen LogP contribution is -2.33. The van der Waals surface area contributed by atoms with Crippen LogP contribution in [0.4, 0.5) is 20.5 Å². The molecule has 4 heterocycles. The number of anilines is 2. The van der Waals surface area contributed by atoms with Gasteiger partial charge in [-0.15, -0.1) is 0 Å². The highest BCUT2D eigenvalue weighted by atomic mass is 19.2. The number of aromatic amines is 2. The minimum Gasteiger partial charge on any atom is -0.357 e. The Labute approximate surface area is 194 Å². The number of aromatic nitrogens is 6. The molecule has 174 valence electrons. The summed E-state index contributed by atoms with van der Waals surface area (Å²) >= 11 is 0. The number of nitrogens with zero attached hydrogens (tertiary/aromatic N) is 5. The molecule has 4 aromatic rings. The summed E-state index contributed by atoms with van der Waals surface area (Å²) in [6.07, 6.45) is 8.63. The molecule has 2 aliphatic rings. The molecule has 34 heavy (non-hydrogen) atoms. The maximum absolute atomic E-state index is 13.6. The van der Waals surface area contributed by atoms with Crippen LogP contribution in [0.15, 0.2) is 42.9 Å². The van der Waals surface area contributed by atoms with E-state index >= 15 is 0 Å². The van der Waals surface area contributed by atoms with Crippen LogP contribution in [-0.2, 0) is 12.8 Å². The summed E-state index contributed by atoms with van der Waals surface area (Å²) in [6.45, 7) is 1.87. The molecule has 0 atom stereocenters. The molecule has 1 aromatic carbocycles. The molecule has 1 aliphatic carbocycles. The molecule has 0 saturated carbocycles. The van der Waals surface area contributed by atoms with Gasteiger partial charge in [0, 0.05) is 43.1 Å². The van der Waals surface area contributed by atoms with Crippen LogP contribution in [0, 0.1) is 11.6 Å². The average Bonchev–Trinajstić information content (AvgIpc) is 3.61. The lowest BCUT2D eigenvalue weighted by Gasteiger charge is -2.31. The van der Waals surface area contributed by atoms with Crippen molar-refractivity contribution in [1.82, 2.24) is 30.1 Å². The molecule has 8 nitrogen and oxygen atoms in total. The van der Waals surface area contributed by atoms with Crippen molar-refractivity contribution in [3.63, 3.8) is 0 Å². The summed E-state index contributed by atoms with van der Waals surface area (Å²) in [5.41, 5.74) is 3.52. The first-order valence-electron chi connectivity index (χ1n) is 11.5. The zero-order valence-electron chi connectivity index (χ0n) is 18.4. The number of benzene rings is 1. The molecular formula is C24H24F2N8. The van der Waals surface area contributed by atoms with E-state index < -0.39 is 11.6 Å². The van der Waals surface area contributed by atoms with Crippen molar-refractivity contribution in [1.29, 1.82) is 0 Å². The molecule has 0 radical (unpaired) electrons. The van der Waals surface area contributed by atoms with Gasteiger partial charge in [0.25, 0.3) is 0 Å². The predicted molar refractivity (Wildman–Crippen MR) is 124 cm³/mol. The Morgan fingerprint density at radius 1 is 0.971 bits per heavy atom. The minimum absolute atomic E-state index is 0.0187. The second-order valence-electron chi connectivity index (χ2n) is 8.94. The Balaban J connectivity index is 1.11. The van der Waals surface area contributed by atoms with E-state index in [4.69, 9.17) is 0 Å². The van der Waals surface area contributed by atoms with Gasteiger partial charge in [-0.1, -0.05) is 0 Å². The number of hydrogen-bond donors (Lipinski definition) is 3. The highest BCUT2D eigenvalue weighted by Crippen LogP contribution is 2.30. The summed E-state index contributed by atoms with van der Waals surface area (Å²) in [5, 5.41) is 10.5. The highest BCUT2D eigenvalue weighted by molar-refractivity contribution is 5.55. The minimum atomic E-state index is -0.809. The fraction of sp³-hybridized carbons (Fsp3) is 0.333. The van der Waals surface area contributed by atoms with Crippen LogP contribution in [0.1, 0.15) is 35.6 Å². The number of nitrogens with one attached hydrogen (secondary N) is 3. The van der Waals surface area contributed by atoms with E-state index in [-0.39, 0.29) is 6.04 Å². The summed E-state index contributed by atoms with van der Waals surface area (Å²) < 4.78 is 27.1. The van der Waals surface area contributed by atoms with Crippen LogP contribution < -0.4 is 10.2 Å². The van der Waals surface area contributed by atoms with Gasteiger partial charge in [-0.2, -0.15) is 5.10 Å². The molecule has 1 fully saturated rings. The fourth-order valence-electron chi connectivity index (χ4n) is 4.98. The quantitative estimate of drug-likeness (QED) is 0.417. The molecular weight excluding hydrogens is 438 g/mol. The number of fused-ring (bicyclic) bond motifs is 1. The van der Waals surface area contributed by atoms with Gasteiger partial charge in [0.1, 0.15) is 11.5 Å². The van der Waals surface area contributed by atoms with E-state index in [1.165, 1.54) is 17.8 Å². The third-order valence-electron chi connectivity index (χ3n) is 6.77. The van der Waals surface area contributed by atoms with Gasteiger partial charge in [-0.05, 0) is 61.1 Å². The fourth-order valence-corrected chi connectivity index (χ4v) is 4.98. The third kappa shape index (κ3) is 4.00. The number of rotatable bonds is 5. The van der Waals surface area contributed by atoms with Crippen molar-refractivity contribution in [2.24, 2.45) is 0 Å². The molecule has 6 rings (SSSR count). The number of piperidine rings is 1. The first-order valence-corrected chi connectivity index (χ1v) is 11.5. The molecule has 0 amide bonds. The number of halogens is 2. The van der Waals surface area contributed by atoms with Gasteiger partial charge in [-0.25, -0.2) is 23.7 Å². The van der Waals surface area contributed by atoms with Crippen LogP contribution in [0.3, 0.4) is 0 Å². The average molecular weight is 463 g/mol. The smallest absolute Gasteiger partial charge is 0.223 e. The molecule has 1 saturated heterocycles.